The number of aromatic nitrogens is 2. The minimum atomic E-state index is -0.401. The van der Waals surface area contributed by atoms with E-state index in [1.54, 1.807) is 0 Å². The van der Waals surface area contributed by atoms with E-state index >= 15 is 0 Å². The molecule has 1 saturated heterocycles. The molecule has 100 valence electrons. The van der Waals surface area contributed by atoms with Crippen LogP contribution >= 0.6 is 0 Å². The van der Waals surface area contributed by atoms with Crippen molar-refractivity contribution in [2.45, 2.75) is 24.9 Å². The Bertz CT molecular complexity index is 509. The monoisotopic (exact) mass is 260 g/mol. The van der Waals surface area contributed by atoms with Crippen LogP contribution in [0.2, 0.25) is 0 Å². The molecule has 2 heterocycles. The van der Waals surface area contributed by atoms with Gasteiger partial charge in [0.25, 0.3) is 0 Å². The van der Waals surface area contributed by atoms with Crippen LogP contribution in [-0.4, -0.2) is 35.8 Å². The molecule has 1 atom stereocenters. The molecule has 19 heavy (non-hydrogen) atoms. The molecule has 1 aromatic heterocycles. The number of hydrazine groups is 1. The van der Waals surface area contributed by atoms with Crippen molar-refractivity contribution in [1.29, 1.82) is 5.26 Å². The van der Waals surface area contributed by atoms with Crippen LogP contribution in [0.3, 0.4) is 0 Å². The summed E-state index contributed by atoms with van der Waals surface area (Å²) in [5.74, 6) is 8.18. The summed E-state index contributed by atoms with van der Waals surface area (Å²) in [6.07, 6.45) is 1.87. The first kappa shape index (κ1) is 12.1. The number of nitrogens with two attached hydrogens (primary N) is 1. The number of nitrogen functional groups attached to an aromatic ring is 1. The zero-order chi connectivity index (χ0) is 13.2. The van der Waals surface area contributed by atoms with Gasteiger partial charge in [0.2, 0.25) is 0 Å². The van der Waals surface area contributed by atoms with Crippen LogP contribution in [0, 0.1) is 11.3 Å². The molecule has 0 spiro atoms. The Balaban J connectivity index is 1.86. The van der Waals surface area contributed by atoms with Gasteiger partial charge in [-0.15, -0.1) is 0 Å². The van der Waals surface area contributed by atoms with E-state index in [0.717, 1.165) is 31.0 Å². The second-order valence-electron chi connectivity index (χ2n) is 4.82. The fourth-order valence-electron chi connectivity index (χ4n) is 2.15. The molecule has 7 nitrogen and oxygen atoms in total. The minimum Gasteiger partial charge on any atom is -0.360 e. The lowest BCUT2D eigenvalue weighted by molar-refractivity contribution is 0.0761. The first-order valence-corrected chi connectivity index (χ1v) is 6.42. The lowest BCUT2D eigenvalue weighted by Gasteiger charge is -2.31. The van der Waals surface area contributed by atoms with E-state index in [1.165, 1.54) is 0 Å². The molecule has 2 aliphatic rings. The van der Waals surface area contributed by atoms with Crippen molar-refractivity contribution < 1.29 is 4.74 Å². The smallest absolute Gasteiger partial charge is 0.161 e. The van der Waals surface area contributed by atoms with Gasteiger partial charge in [-0.05, 0) is 12.8 Å². The molecule has 3 rings (SSSR count). The van der Waals surface area contributed by atoms with E-state index in [4.69, 9.17) is 15.8 Å². The first-order valence-electron chi connectivity index (χ1n) is 6.42. The van der Waals surface area contributed by atoms with Crippen LogP contribution < -0.4 is 16.2 Å². The van der Waals surface area contributed by atoms with Crippen molar-refractivity contribution in [3.8, 4) is 6.07 Å². The minimum absolute atomic E-state index is 0.401. The number of hydrogen-bond donors (Lipinski definition) is 2. The first-order chi connectivity index (χ1) is 9.30. The SMILES string of the molecule is N#CC1CN(c2cc(NN)nc(C3CC3)n2)CCO1. The Labute approximate surface area is 111 Å². The van der Waals surface area contributed by atoms with Crippen LogP contribution in [0.4, 0.5) is 11.6 Å². The summed E-state index contributed by atoms with van der Waals surface area (Å²) in [7, 11) is 0. The number of morpholine rings is 1. The molecule has 0 amide bonds. The van der Waals surface area contributed by atoms with Crippen molar-refractivity contribution >= 4 is 11.6 Å². The second-order valence-corrected chi connectivity index (χ2v) is 4.82. The lowest BCUT2D eigenvalue weighted by atomic mass is 10.3. The summed E-state index contributed by atoms with van der Waals surface area (Å²) < 4.78 is 5.34. The second kappa shape index (κ2) is 4.99. The van der Waals surface area contributed by atoms with Crippen LogP contribution in [0.15, 0.2) is 6.07 Å². The molecule has 1 aliphatic carbocycles. The average molecular weight is 260 g/mol. The van der Waals surface area contributed by atoms with Gasteiger partial charge in [0.15, 0.2) is 6.10 Å². The summed E-state index contributed by atoms with van der Waals surface area (Å²) in [4.78, 5) is 11.0. The molecular formula is C12H16N6O. The van der Waals surface area contributed by atoms with Crippen molar-refractivity contribution in [1.82, 2.24) is 9.97 Å². The normalized spacial score (nSPS) is 22.9. The van der Waals surface area contributed by atoms with E-state index in [2.05, 4.69) is 21.5 Å². The zero-order valence-electron chi connectivity index (χ0n) is 10.5. The van der Waals surface area contributed by atoms with Crippen molar-refractivity contribution in [2.75, 3.05) is 30.0 Å². The van der Waals surface area contributed by atoms with Gasteiger partial charge in [-0.2, -0.15) is 5.26 Å². The Kier molecular flexibility index (Phi) is 3.19. The highest BCUT2D eigenvalue weighted by Crippen LogP contribution is 2.39. The molecule has 1 aliphatic heterocycles. The van der Waals surface area contributed by atoms with Crippen molar-refractivity contribution in [2.24, 2.45) is 5.84 Å². The number of ether oxygens (including phenoxy) is 1. The van der Waals surface area contributed by atoms with Crippen LogP contribution in [0.1, 0.15) is 24.6 Å². The molecular weight excluding hydrogens is 244 g/mol. The topological polar surface area (TPSA) is 100 Å². The zero-order valence-corrected chi connectivity index (χ0v) is 10.5. The van der Waals surface area contributed by atoms with Gasteiger partial charge in [-0.25, -0.2) is 15.8 Å². The summed E-state index contributed by atoms with van der Waals surface area (Å²) in [6, 6.07) is 3.95. The van der Waals surface area contributed by atoms with Gasteiger partial charge in [0.1, 0.15) is 17.5 Å². The highest BCUT2D eigenvalue weighted by atomic mass is 16.5. The predicted molar refractivity (Wildman–Crippen MR) is 69.4 cm³/mol. The van der Waals surface area contributed by atoms with E-state index in [9.17, 15) is 0 Å². The van der Waals surface area contributed by atoms with Gasteiger partial charge < -0.3 is 15.1 Å². The third kappa shape index (κ3) is 2.59. The summed E-state index contributed by atoms with van der Waals surface area (Å²) in [6.45, 7) is 1.79. The lowest BCUT2D eigenvalue weighted by Crippen LogP contribution is -2.42. The fraction of sp³-hybridized carbons (Fsp3) is 0.583. The molecule has 0 bridgehead atoms. The third-order valence-corrected chi connectivity index (χ3v) is 3.35. The van der Waals surface area contributed by atoms with E-state index in [0.29, 0.717) is 24.9 Å². The van der Waals surface area contributed by atoms with Gasteiger partial charge in [0.05, 0.1) is 19.2 Å². The van der Waals surface area contributed by atoms with E-state index < -0.39 is 6.10 Å². The quantitative estimate of drug-likeness (QED) is 0.598. The molecule has 1 unspecified atom stereocenters. The number of hydrogen-bond acceptors (Lipinski definition) is 7. The maximum Gasteiger partial charge on any atom is 0.161 e. The highest BCUT2D eigenvalue weighted by molar-refractivity contribution is 5.50. The fourth-order valence-corrected chi connectivity index (χ4v) is 2.15. The van der Waals surface area contributed by atoms with Crippen LogP contribution in [0.5, 0.6) is 0 Å². The van der Waals surface area contributed by atoms with Crippen LogP contribution in [0.25, 0.3) is 0 Å². The molecule has 7 heteroatoms. The Morgan fingerprint density at radius 2 is 2.32 bits per heavy atom. The maximum atomic E-state index is 8.94. The summed E-state index contributed by atoms with van der Waals surface area (Å²) in [5, 5.41) is 8.94. The Morgan fingerprint density at radius 3 is 3.00 bits per heavy atom. The van der Waals surface area contributed by atoms with Crippen molar-refractivity contribution in [3.63, 3.8) is 0 Å². The van der Waals surface area contributed by atoms with Crippen LogP contribution in [-0.2, 0) is 4.74 Å². The predicted octanol–water partition coefficient (Wildman–Crippen LogP) is 0.368. The van der Waals surface area contributed by atoms with E-state index in [1.807, 2.05) is 11.0 Å². The maximum absolute atomic E-state index is 8.94. The Hall–Kier alpha value is -1.91. The number of rotatable bonds is 3. The number of nitrogens with zero attached hydrogens (tertiary/aromatic N) is 4. The molecule has 0 radical (unpaired) electrons. The number of nitriles is 1. The molecule has 3 N–H and O–H groups in total. The third-order valence-electron chi connectivity index (χ3n) is 3.35. The highest BCUT2D eigenvalue weighted by Gasteiger charge is 2.29. The Morgan fingerprint density at radius 1 is 1.47 bits per heavy atom. The van der Waals surface area contributed by atoms with E-state index in [-0.39, 0.29) is 0 Å². The summed E-state index contributed by atoms with van der Waals surface area (Å²) in [5.41, 5.74) is 2.58. The standard InChI is InChI=1S/C12H16N6O/c13-6-9-7-18(3-4-19-9)11-5-10(17-14)15-12(16-11)8-1-2-8/h5,8-9H,1-4,7,14H2,(H,15,16,17). The average Bonchev–Trinajstić information content (AvgIpc) is 3.31. The van der Waals surface area contributed by atoms with Gasteiger partial charge >= 0.3 is 0 Å². The van der Waals surface area contributed by atoms with Crippen molar-refractivity contribution in [3.05, 3.63) is 11.9 Å². The summed E-state index contributed by atoms with van der Waals surface area (Å²) >= 11 is 0. The van der Waals surface area contributed by atoms with Gasteiger partial charge in [-0.3, -0.25) is 0 Å². The molecule has 1 aromatic rings. The molecule has 0 aromatic carbocycles. The molecule has 2 fully saturated rings. The number of anilines is 2. The largest absolute Gasteiger partial charge is 0.360 e. The number of nitrogens with one attached hydrogen (secondary N) is 1. The molecule has 1 saturated carbocycles. The van der Waals surface area contributed by atoms with Gasteiger partial charge in [0, 0.05) is 18.5 Å². The van der Waals surface area contributed by atoms with Gasteiger partial charge in [-0.1, -0.05) is 0 Å².